The van der Waals surface area contributed by atoms with Gasteiger partial charge in [0.2, 0.25) is 11.8 Å². The summed E-state index contributed by atoms with van der Waals surface area (Å²) in [5.74, 6) is 0.640. The zero-order valence-corrected chi connectivity index (χ0v) is 14.2. The standard InChI is InChI=1S/C18H23N3O3/c1-13(2)9-17(22)20-5-7-21(8-6-20)18(23)11-14-3-4-15-16(10-14)24-12-19-15/h3-4,10,12-13H,5-9,11H2,1-2H3. The summed E-state index contributed by atoms with van der Waals surface area (Å²) in [6.07, 6.45) is 2.32. The van der Waals surface area contributed by atoms with Crippen LogP contribution in [0.2, 0.25) is 0 Å². The number of carbonyl (C=O) groups is 2. The lowest BCUT2D eigenvalue weighted by atomic mass is 10.1. The molecule has 1 aliphatic heterocycles. The molecule has 0 N–H and O–H groups in total. The average Bonchev–Trinajstić information content (AvgIpc) is 3.02. The Labute approximate surface area is 141 Å². The molecule has 0 aliphatic carbocycles. The molecule has 0 radical (unpaired) electrons. The van der Waals surface area contributed by atoms with Crippen LogP contribution in [-0.2, 0) is 16.0 Å². The van der Waals surface area contributed by atoms with Gasteiger partial charge in [-0.3, -0.25) is 9.59 Å². The monoisotopic (exact) mass is 329 g/mol. The fraction of sp³-hybridized carbons (Fsp3) is 0.500. The highest BCUT2D eigenvalue weighted by Crippen LogP contribution is 2.16. The minimum Gasteiger partial charge on any atom is -0.443 e. The highest BCUT2D eigenvalue weighted by Gasteiger charge is 2.24. The summed E-state index contributed by atoms with van der Waals surface area (Å²) >= 11 is 0. The Morgan fingerprint density at radius 2 is 1.79 bits per heavy atom. The molecule has 0 saturated carbocycles. The summed E-state index contributed by atoms with van der Waals surface area (Å²) in [6, 6.07) is 5.64. The molecule has 24 heavy (non-hydrogen) atoms. The number of aromatic nitrogens is 1. The smallest absolute Gasteiger partial charge is 0.227 e. The van der Waals surface area contributed by atoms with Crippen LogP contribution in [0.25, 0.3) is 11.1 Å². The van der Waals surface area contributed by atoms with Gasteiger partial charge in [-0.1, -0.05) is 19.9 Å². The van der Waals surface area contributed by atoms with Crippen molar-refractivity contribution in [3.8, 4) is 0 Å². The molecule has 1 fully saturated rings. The third kappa shape index (κ3) is 3.75. The zero-order chi connectivity index (χ0) is 17.1. The lowest BCUT2D eigenvalue weighted by Gasteiger charge is -2.35. The lowest BCUT2D eigenvalue weighted by molar-refractivity contribution is -0.139. The molecule has 0 spiro atoms. The number of carbonyl (C=O) groups excluding carboxylic acids is 2. The molecule has 3 rings (SSSR count). The minimum absolute atomic E-state index is 0.0878. The van der Waals surface area contributed by atoms with Crippen LogP contribution in [0.1, 0.15) is 25.8 Å². The third-order valence-electron chi connectivity index (χ3n) is 4.32. The van der Waals surface area contributed by atoms with Crippen molar-refractivity contribution in [2.45, 2.75) is 26.7 Å². The molecule has 1 saturated heterocycles. The molecule has 6 heteroatoms. The molecular formula is C18H23N3O3. The number of oxazole rings is 1. The molecule has 0 bridgehead atoms. The van der Waals surface area contributed by atoms with Gasteiger partial charge >= 0.3 is 0 Å². The number of amides is 2. The Morgan fingerprint density at radius 3 is 2.46 bits per heavy atom. The van der Waals surface area contributed by atoms with Gasteiger partial charge in [0, 0.05) is 32.6 Å². The van der Waals surface area contributed by atoms with E-state index in [1.165, 1.54) is 6.39 Å². The van der Waals surface area contributed by atoms with Crippen molar-refractivity contribution >= 4 is 22.9 Å². The van der Waals surface area contributed by atoms with Crippen LogP contribution in [0, 0.1) is 5.92 Å². The summed E-state index contributed by atoms with van der Waals surface area (Å²) in [5.41, 5.74) is 2.41. The van der Waals surface area contributed by atoms with Crippen LogP contribution in [-0.4, -0.2) is 52.8 Å². The van der Waals surface area contributed by atoms with Gasteiger partial charge in [-0.25, -0.2) is 4.98 Å². The highest BCUT2D eigenvalue weighted by atomic mass is 16.3. The number of piperazine rings is 1. The second kappa shape index (κ2) is 7.03. The summed E-state index contributed by atoms with van der Waals surface area (Å²) in [4.78, 5) is 32.3. The lowest BCUT2D eigenvalue weighted by Crippen LogP contribution is -2.51. The molecule has 6 nitrogen and oxygen atoms in total. The SMILES string of the molecule is CC(C)CC(=O)N1CCN(C(=O)Cc2ccc3ncoc3c2)CC1. The van der Waals surface area contributed by atoms with Gasteiger partial charge in [0.05, 0.1) is 6.42 Å². The van der Waals surface area contributed by atoms with Gasteiger partial charge in [-0.2, -0.15) is 0 Å². The van der Waals surface area contributed by atoms with E-state index in [2.05, 4.69) is 4.98 Å². The first kappa shape index (κ1) is 16.5. The van der Waals surface area contributed by atoms with Gasteiger partial charge < -0.3 is 14.2 Å². The molecule has 1 aliphatic rings. The van der Waals surface area contributed by atoms with E-state index in [1.807, 2.05) is 41.8 Å². The molecule has 2 amide bonds. The van der Waals surface area contributed by atoms with Crippen LogP contribution in [0.4, 0.5) is 0 Å². The number of fused-ring (bicyclic) bond motifs is 1. The topological polar surface area (TPSA) is 66.7 Å². The van der Waals surface area contributed by atoms with E-state index in [4.69, 9.17) is 4.42 Å². The van der Waals surface area contributed by atoms with Crippen LogP contribution >= 0.6 is 0 Å². The Hall–Kier alpha value is -2.37. The summed E-state index contributed by atoms with van der Waals surface area (Å²) in [7, 11) is 0. The van der Waals surface area contributed by atoms with E-state index in [9.17, 15) is 9.59 Å². The van der Waals surface area contributed by atoms with Gasteiger partial charge in [0.15, 0.2) is 12.0 Å². The fourth-order valence-corrected chi connectivity index (χ4v) is 2.98. The van der Waals surface area contributed by atoms with Gasteiger partial charge in [0.25, 0.3) is 0 Å². The molecular weight excluding hydrogens is 306 g/mol. The Balaban J connectivity index is 1.54. The highest BCUT2D eigenvalue weighted by molar-refractivity contribution is 5.81. The van der Waals surface area contributed by atoms with E-state index in [0.29, 0.717) is 50.5 Å². The third-order valence-corrected chi connectivity index (χ3v) is 4.32. The largest absolute Gasteiger partial charge is 0.443 e. The normalized spacial score (nSPS) is 15.3. The number of benzene rings is 1. The fourth-order valence-electron chi connectivity index (χ4n) is 2.98. The maximum atomic E-state index is 12.5. The molecule has 2 heterocycles. The van der Waals surface area contributed by atoms with Gasteiger partial charge in [-0.15, -0.1) is 0 Å². The summed E-state index contributed by atoms with van der Waals surface area (Å²) in [5, 5.41) is 0. The van der Waals surface area contributed by atoms with Crippen molar-refractivity contribution in [1.29, 1.82) is 0 Å². The summed E-state index contributed by atoms with van der Waals surface area (Å²) in [6.45, 7) is 6.55. The number of nitrogens with zero attached hydrogens (tertiary/aromatic N) is 3. The molecule has 1 aromatic carbocycles. The van der Waals surface area contributed by atoms with E-state index in [1.54, 1.807) is 0 Å². The van der Waals surface area contributed by atoms with E-state index in [-0.39, 0.29) is 11.8 Å². The van der Waals surface area contributed by atoms with E-state index in [0.717, 1.165) is 11.1 Å². The van der Waals surface area contributed by atoms with E-state index >= 15 is 0 Å². The number of rotatable bonds is 4. The molecule has 128 valence electrons. The van der Waals surface area contributed by atoms with Crippen molar-refractivity contribution in [2.24, 2.45) is 5.92 Å². The van der Waals surface area contributed by atoms with Crippen molar-refractivity contribution in [3.05, 3.63) is 30.2 Å². The predicted octanol–water partition coefficient (Wildman–Crippen LogP) is 2.09. The minimum atomic E-state index is 0.0878. The summed E-state index contributed by atoms with van der Waals surface area (Å²) < 4.78 is 5.28. The Morgan fingerprint density at radius 1 is 1.12 bits per heavy atom. The molecule has 0 atom stereocenters. The van der Waals surface area contributed by atoms with Crippen LogP contribution < -0.4 is 0 Å². The number of hydrogen-bond acceptors (Lipinski definition) is 4. The van der Waals surface area contributed by atoms with Gasteiger partial charge in [0.1, 0.15) is 5.52 Å². The Kier molecular flexibility index (Phi) is 4.83. The number of hydrogen-bond donors (Lipinski definition) is 0. The van der Waals surface area contributed by atoms with Crippen LogP contribution in [0.3, 0.4) is 0 Å². The molecule has 0 unspecified atom stereocenters. The first-order valence-corrected chi connectivity index (χ1v) is 8.40. The maximum Gasteiger partial charge on any atom is 0.227 e. The van der Waals surface area contributed by atoms with Crippen molar-refractivity contribution in [1.82, 2.24) is 14.8 Å². The van der Waals surface area contributed by atoms with Crippen molar-refractivity contribution in [2.75, 3.05) is 26.2 Å². The van der Waals surface area contributed by atoms with Crippen molar-refractivity contribution < 1.29 is 14.0 Å². The zero-order valence-electron chi connectivity index (χ0n) is 14.2. The van der Waals surface area contributed by atoms with Crippen LogP contribution in [0.15, 0.2) is 29.0 Å². The average molecular weight is 329 g/mol. The molecule has 1 aromatic heterocycles. The predicted molar refractivity (Wildman–Crippen MR) is 90.3 cm³/mol. The second-order valence-electron chi connectivity index (χ2n) is 6.69. The van der Waals surface area contributed by atoms with Crippen molar-refractivity contribution in [3.63, 3.8) is 0 Å². The Bertz CT molecular complexity index is 730. The van der Waals surface area contributed by atoms with E-state index < -0.39 is 0 Å². The van der Waals surface area contributed by atoms with Gasteiger partial charge in [-0.05, 0) is 23.6 Å². The second-order valence-corrected chi connectivity index (χ2v) is 6.69. The first-order chi connectivity index (χ1) is 11.5. The molecule has 2 aromatic rings. The maximum absolute atomic E-state index is 12.5. The van der Waals surface area contributed by atoms with Crippen LogP contribution in [0.5, 0.6) is 0 Å². The first-order valence-electron chi connectivity index (χ1n) is 8.40. The quantitative estimate of drug-likeness (QED) is 0.861.